The molecule has 2 atom stereocenters. The van der Waals surface area contributed by atoms with Crippen molar-refractivity contribution in [2.45, 2.75) is 17.4 Å². The first-order valence-corrected chi connectivity index (χ1v) is 11.1. The highest BCUT2D eigenvalue weighted by atomic mass is 32.2. The van der Waals surface area contributed by atoms with Crippen molar-refractivity contribution in [3.8, 4) is 6.07 Å². The van der Waals surface area contributed by atoms with E-state index in [1.54, 1.807) is 29.1 Å². The van der Waals surface area contributed by atoms with Crippen LogP contribution in [0.4, 0.5) is 11.5 Å². The molecule has 1 aliphatic heterocycles. The Morgan fingerprint density at radius 2 is 2.03 bits per heavy atom. The van der Waals surface area contributed by atoms with E-state index in [0.717, 1.165) is 4.31 Å². The molecule has 0 saturated carbocycles. The zero-order valence-corrected chi connectivity index (χ0v) is 17.9. The van der Waals surface area contributed by atoms with Crippen LogP contribution in [-0.2, 0) is 14.8 Å². The highest BCUT2D eigenvalue weighted by Crippen LogP contribution is 2.31. The molecular formula is C20H22N6O4S. The number of pyridine rings is 1. The molecule has 2 N–H and O–H groups in total. The van der Waals surface area contributed by atoms with Crippen LogP contribution in [0.1, 0.15) is 12.5 Å². The lowest BCUT2D eigenvalue weighted by atomic mass is 9.96. The van der Waals surface area contributed by atoms with Crippen LogP contribution in [0.5, 0.6) is 0 Å². The highest BCUT2D eigenvalue weighted by molar-refractivity contribution is 7.89. The fraction of sp³-hybridized carbons (Fsp3) is 0.350. The number of aromatic amines is 1. The number of aromatic nitrogens is 3. The van der Waals surface area contributed by atoms with Crippen molar-refractivity contribution < 1.29 is 13.2 Å². The Labute approximate surface area is 179 Å². The van der Waals surface area contributed by atoms with Gasteiger partial charge in [-0.25, -0.2) is 12.7 Å². The van der Waals surface area contributed by atoms with Gasteiger partial charge in [0.05, 0.1) is 35.0 Å². The molecule has 10 nitrogen and oxygen atoms in total. The molecule has 31 heavy (non-hydrogen) atoms. The molecule has 162 valence electrons. The van der Waals surface area contributed by atoms with Gasteiger partial charge in [0.2, 0.25) is 10.0 Å². The number of nitrogens with one attached hydrogen (secondary N) is 2. The summed E-state index contributed by atoms with van der Waals surface area (Å²) >= 11 is 0. The number of nitrogens with zero attached hydrogens (tertiary/aromatic N) is 4. The summed E-state index contributed by atoms with van der Waals surface area (Å²) in [5, 5.41) is 17.6. The van der Waals surface area contributed by atoms with Crippen LogP contribution in [0.2, 0.25) is 0 Å². The molecule has 1 saturated heterocycles. The van der Waals surface area contributed by atoms with E-state index in [0.29, 0.717) is 42.0 Å². The maximum Gasteiger partial charge on any atom is 0.261 e. The molecule has 0 unspecified atom stereocenters. The van der Waals surface area contributed by atoms with Gasteiger partial charge in [-0.05, 0) is 36.8 Å². The summed E-state index contributed by atoms with van der Waals surface area (Å²) in [4.78, 5) is 15.4. The Kier molecular flexibility index (Phi) is 5.53. The normalized spacial score (nSPS) is 19.4. The molecule has 0 amide bonds. The second-order valence-electron chi connectivity index (χ2n) is 7.46. The Balaban J connectivity index is 1.74. The smallest absolute Gasteiger partial charge is 0.261 e. The first kappa shape index (κ1) is 21.0. The van der Waals surface area contributed by atoms with Gasteiger partial charge in [-0.1, -0.05) is 0 Å². The lowest BCUT2D eigenvalue weighted by molar-refractivity contribution is 0.0359. The molecule has 0 aliphatic carbocycles. The number of nitriles is 1. The molecule has 0 radical (unpaired) electrons. The van der Waals surface area contributed by atoms with Crippen LogP contribution < -0.4 is 10.9 Å². The number of hydrogen-bond acceptors (Lipinski definition) is 7. The Hall–Kier alpha value is -3.20. The van der Waals surface area contributed by atoms with Gasteiger partial charge in [-0.15, -0.1) is 0 Å². The summed E-state index contributed by atoms with van der Waals surface area (Å²) in [6.07, 6.45) is 2.13. The maximum atomic E-state index is 12.6. The van der Waals surface area contributed by atoms with Gasteiger partial charge in [-0.3, -0.25) is 9.48 Å². The molecule has 2 aromatic heterocycles. The fourth-order valence-corrected chi connectivity index (χ4v) is 4.51. The van der Waals surface area contributed by atoms with E-state index in [1.807, 2.05) is 0 Å². The third kappa shape index (κ3) is 3.81. The van der Waals surface area contributed by atoms with Crippen LogP contribution in [-0.4, -0.2) is 54.8 Å². The molecular weight excluding hydrogens is 420 g/mol. The minimum Gasteiger partial charge on any atom is -0.379 e. The van der Waals surface area contributed by atoms with E-state index < -0.39 is 10.0 Å². The van der Waals surface area contributed by atoms with Crippen LogP contribution >= 0.6 is 0 Å². The Morgan fingerprint density at radius 3 is 2.71 bits per heavy atom. The average molecular weight is 443 g/mol. The lowest BCUT2D eigenvalue weighted by Crippen LogP contribution is -2.30. The third-order valence-corrected chi connectivity index (χ3v) is 7.16. The number of fused-ring (bicyclic) bond motifs is 1. The first-order valence-electron chi connectivity index (χ1n) is 9.70. The van der Waals surface area contributed by atoms with Crippen molar-refractivity contribution in [1.29, 1.82) is 5.26 Å². The summed E-state index contributed by atoms with van der Waals surface area (Å²) in [6, 6.07) is 9.94. The van der Waals surface area contributed by atoms with Crippen LogP contribution in [0.15, 0.2) is 46.2 Å². The summed E-state index contributed by atoms with van der Waals surface area (Å²) in [7, 11) is -0.605. The quantitative estimate of drug-likeness (QED) is 0.616. The van der Waals surface area contributed by atoms with Crippen molar-refractivity contribution in [3.05, 3.63) is 46.9 Å². The van der Waals surface area contributed by atoms with E-state index in [4.69, 9.17) is 4.74 Å². The Morgan fingerprint density at radius 1 is 1.29 bits per heavy atom. The molecule has 4 rings (SSSR count). The zero-order valence-electron chi connectivity index (χ0n) is 17.1. The molecule has 11 heteroatoms. The predicted octanol–water partition coefficient (Wildman–Crippen LogP) is 1.82. The van der Waals surface area contributed by atoms with Gasteiger partial charge in [0.25, 0.3) is 5.56 Å². The molecule has 1 aliphatic rings. The second-order valence-corrected chi connectivity index (χ2v) is 9.62. The minimum atomic E-state index is -3.54. The number of anilines is 2. The van der Waals surface area contributed by atoms with E-state index in [-0.39, 0.29) is 22.4 Å². The van der Waals surface area contributed by atoms with Gasteiger partial charge in [0.1, 0.15) is 5.39 Å². The first-order chi connectivity index (χ1) is 14.8. The predicted molar refractivity (Wildman–Crippen MR) is 115 cm³/mol. The van der Waals surface area contributed by atoms with Crippen molar-refractivity contribution in [2.75, 3.05) is 32.6 Å². The van der Waals surface area contributed by atoms with Crippen molar-refractivity contribution >= 4 is 32.4 Å². The second kappa shape index (κ2) is 8.14. The standard InChI is InChI=1S/C20H22N6O4S/c1-25(2)31(28,29)15-5-3-14(4-6-15)23-19-18-16(7-9-22-20(18)27)26(24-19)17-12-30-10-8-13(17)11-21/h3-7,9,13,17H,8,10,12H2,1-2H3,(H,22,27)(H,23,24)/t13-,17+/m1/s1. The number of sulfonamides is 1. The van der Waals surface area contributed by atoms with E-state index in [1.165, 1.54) is 26.2 Å². The number of ether oxygens (including phenoxy) is 1. The number of benzene rings is 1. The molecule has 0 spiro atoms. The van der Waals surface area contributed by atoms with Gasteiger partial charge in [0, 0.05) is 32.6 Å². The Bertz CT molecular complexity index is 1300. The van der Waals surface area contributed by atoms with Crippen LogP contribution in [0.25, 0.3) is 10.9 Å². The van der Waals surface area contributed by atoms with Crippen LogP contribution in [0.3, 0.4) is 0 Å². The maximum absolute atomic E-state index is 12.6. The summed E-state index contributed by atoms with van der Waals surface area (Å²) in [5.41, 5.74) is 0.848. The lowest BCUT2D eigenvalue weighted by Gasteiger charge is -2.27. The molecule has 1 aromatic carbocycles. The summed E-state index contributed by atoms with van der Waals surface area (Å²) < 4.78 is 32.9. The van der Waals surface area contributed by atoms with E-state index in [2.05, 4.69) is 21.5 Å². The van der Waals surface area contributed by atoms with Gasteiger partial charge >= 0.3 is 0 Å². The van der Waals surface area contributed by atoms with Crippen molar-refractivity contribution in [3.63, 3.8) is 0 Å². The minimum absolute atomic E-state index is 0.160. The van der Waals surface area contributed by atoms with Crippen molar-refractivity contribution in [2.24, 2.45) is 5.92 Å². The average Bonchev–Trinajstić information content (AvgIpc) is 3.13. The fourth-order valence-electron chi connectivity index (χ4n) is 3.61. The monoisotopic (exact) mass is 442 g/mol. The molecule has 0 bridgehead atoms. The van der Waals surface area contributed by atoms with Gasteiger partial charge < -0.3 is 15.0 Å². The van der Waals surface area contributed by atoms with Crippen molar-refractivity contribution in [1.82, 2.24) is 19.1 Å². The van der Waals surface area contributed by atoms with Gasteiger partial charge in [0.15, 0.2) is 5.82 Å². The van der Waals surface area contributed by atoms with E-state index >= 15 is 0 Å². The number of rotatable bonds is 5. The summed E-state index contributed by atoms with van der Waals surface area (Å²) in [6.45, 7) is 0.847. The largest absolute Gasteiger partial charge is 0.379 e. The zero-order chi connectivity index (χ0) is 22.2. The topological polar surface area (TPSA) is 133 Å². The number of hydrogen-bond donors (Lipinski definition) is 2. The van der Waals surface area contributed by atoms with E-state index in [9.17, 15) is 18.5 Å². The highest BCUT2D eigenvalue weighted by Gasteiger charge is 2.30. The summed E-state index contributed by atoms with van der Waals surface area (Å²) in [5.74, 6) is 0.0434. The third-order valence-electron chi connectivity index (χ3n) is 5.33. The van der Waals surface area contributed by atoms with Crippen LogP contribution in [0, 0.1) is 17.2 Å². The van der Waals surface area contributed by atoms with Gasteiger partial charge in [-0.2, -0.15) is 10.4 Å². The SMILES string of the molecule is CN(C)S(=O)(=O)c1ccc(Nc2nn([C@H]3COCC[C@@H]3C#N)c3cc[nH]c(=O)c23)cc1. The molecule has 1 fully saturated rings. The molecule has 3 heterocycles. The number of H-pyrrole nitrogens is 1. The molecule has 3 aromatic rings.